The average Bonchev–Trinajstić information content (AvgIpc) is 2.87. The van der Waals surface area contributed by atoms with Crippen molar-refractivity contribution in [3.05, 3.63) is 34.5 Å². The third-order valence-electron chi connectivity index (χ3n) is 2.45. The van der Waals surface area contributed by atoms with Crippen LogP contribution in [0.2, 0.25) is 0 Å². The van der Waals surface area contributed by atoms with E-state index < -0.39 is 0 Å². The van der Waals surface area contributed by atoms with E-state index >= 15 is 0 Å². The van der Waals surface area contributed by atoms with Crippen molar-refractivity contribution in [1.29, 1.82) is 0 Å². The van der Waals surface area contributed by atoms with Crippen molar-refractivity contribution >= 4 is 22.7 Å². The van der Waals surface area contributed by atoms with Crippen molar-refractivity contribution < 1.29 is 0 Å². The summed E-state index contributed by atoms with van der Waals surface area (Å²) in [4.78, 5) is 4.37. The van der Waals surface area contributed by atoms with Gasteiger partial charge in [-0.15, -0.1) is 22.7 Å². The number of rotatable bonds is 5. The van der Waals surface area contributed by atoms with Gasteiger partial charge < -0.3 is 0 Å². The van der Waals surface area contributed by atoms with E-state index in [0.29, 0.717) is 0 Å². The van der Waals surface area contributed by atoms with Crippen molar-refractivity contribution in [3.8, 4) is 9.75 Å². The van der Waals surface area contributed by atoms with Crippen LogP contribution in [0.25, 0.3) is 9.75 Å². The number of hydrogen-bond donors (Lipinski definition) is 0. The molecule has 0 saturated carbocycles. The number of hydrogen-bond acceptors (Lipinski definition) is 2. The Morgan fingerprint density at radius 2 is 2.00 bits per heavy atom. The molecule has 2 rings (SSSR count). The third kappa shape index (κ3) is 2.93. The molecule has 0 aliphatic rings. The van der Waals surface area contributed by atoms with Crippen molar-refractivity contribution in [2.75, 3.05) is 0 Å². The van der Waals surface area contributed by atoms with E-state index in [9.17, 15) is 0 Å². The molecule has 0 amide bonds. The molecule has 0 aliphatic carbocycles. The van der Waals surface area contributed by atoms with Crippen LogP contribution < -0.4 is 0 Å². The standard InChI is InChI=1S/C13H16S2/c1-2-3-4-6-11-8-9-13(15-11)12-7-5-10-14-12/h5,7-10H,2-4,6H2,1H3. The molecule has 0 bridgehead atoms. The molecule has 2 aromatic heterocycles. The molecule has 0 N–H and O–H groups in total. The van der Waals surface area contributed by atoms with Gasteiger partial charge in [-0.25, -0.2) is 0 Å². The molecule has 0 nitrogen and oxygen atoms in total. The smallest absolute Gasteiger partial charge is 0.0445 e. The molecule has 0 spiro atoms. The second-order valence-electron chi connectivity index (χ2n) is 3.70. The van der Waals surface area contributed by atoms with Gasteiger partial charge in [-0.2, -0.15) is 0 Å². The molecule has 2 heterocycles. The second kappa shape index (κ2) is 5.47. The Bertz CT molecular complexity index is 384. The lowest BCUT2D eigenvalue weighted by molar-refractivity contribution is 0.722. The van der Waals surface area contributed by atoms with Crippen molar-refractivity contribution in [1.82, 2.24) is 0 Å². The highest BCUT2D eigenvalue weighted by atomic mass is 32.1. The van der Waals surface area contributed by atoms with Gasteiger partial charge in [0.2, 0.25) is 0 Å². The van der Waals surface area contributed by atoms with Crippen LogP contribution in [0.15, 0.2) is 29.6 Å². The van der Waals surface area contributed by atoms with Gasteiger partial charge in [0.25, 0.3) is 0 Å². The van der Waals surface area contributed by atoms with Crippen LogP contribution in [0.1, 0.15) is 31.1 Å². The van der Waals surface area contributed by atoms with Crippen LogP contribution in [0, 0.1) is 0 Å². The summed E-state index contributed by atoms with van der Waals surface area (Å²) in [5, 5.41) is 2.14. The number of thiophene rings is 2. The van der Waals surface area contributed by atoms with Crippen LogP contribution in [0.3, 0.4) is 0 Å². The molecule has 0 fully saturated rings. The highest BCUT2D eigenvalue weighted by Crippen LogP contribution is 2.32. The average molecular weight is 236 g/mol. The molecular formula is C13H16S2. The number of aryl methyl sites for hydroxylation is 1. The van der Waals surface area contributed by atoms with Gasteiger partial charge in [-0.05, 0) is 36.4 Å². The highest BCUT2D eigenvalue weighted by molar-refractivity contribution is 7.21. The lowest BCUT2D eigenvalue weighted by Crippen LogP contribution is -1.78. The first-order valence-electron chi connectivity index (χ1n) is 5.52. The molecule has 2 aromatic rings. The summed E-state index contributed by atoms with van der Waals surface area (Å²) in [5.41, 5.74) is 0. The Kier molecular flexibility index (Phi) is 3.98. The Labute approximate surface area is 99.6 Å². The normalized spacial score (nSPS) is 10.7. The molecule has 2 heteroatoms. The van der Waals surface area contributed by atoms with Crippen LogP contribution in [-0.2, 0) is 6.42 Å². The predicted octanol–water partition coefficient (Wildman–Crippen LogP) is 5.21. The van der Waals surface area contributed by atoms with Crippen LogP contribution in [-0.4, -0.2) is 0 Å². The van der Waals surface area contributed by atoms with E-state index in [1.54, 1.807) is 0 Å². The minimum Gasteiger partial charge on any atom is -0.143 e. The first kappa shape index (κ1) is 10.9. The van der Waals surface area contributed by atoms with Crippen molar-refractivity contribution in [2.45, 2.75) is 32.6 Å². The van der Waals surface area contributed by atoms with Gasteiger partial charge in [0.05, 0.1) is 0 Å². The lowest BCUT2D eigenvalue weighted by Gasteiger charge is -1.94. The van der Waals surface area contributed by atoms with Gasteiger partial charge in [0.1, 0.15) is 0 Å². The van der Waals surface area contributed by atoms with E-state index in [0.717, 1.165) is 0 Å². The summed E-state index contributed by atoms with van der Waals surface area (Å²) >= 11 is 3.78. The molecule has 0 saturated heterocycles. The zero-order chi connectivity index (χ0) is 10.5. The molecule has 0 radical (unpaired) electrons. The summed E-state index contributed by atoms with van der Waals surface area (Å²) in [5.74, 6) is 0. The summed E-state index contributed by atoms with van der Waals surface area (Å²) in [7, 11) is 0. The van der Waals surface area contributed by atoms with Crippen LogP contribution >= 0.6 is 22.7 Å². The van der Waals surface area contributed by atoms with Crippen LogP contribution in [0.4, 0.5) is 0 Å². The molecule has 15 heavy (non-hydrogen) atoms. The zero-order valence-corrected chi connectivity index (χ0v) is 10.7. The molecule has 0 aromatic carbocycles. The van der Waals surface area contributed by atoms with E-state index in [-0.39, 0.29) is 0 Å². The predicted molar refractivity (Wildman–Crippen MR) is 70.9 cm³/mol. The third-order valence-corrected chi connectivity index (χ3v) is 4.66. The fourth-order valence-electron chi connectivity index (χ4n) is 1.61. The lowest BCUT2D eigenvalue weighted by atomic mass is 10.2. The molecule has 0 aliphatic heterocycles. The topological polar surface area (TPSA) is 0 Å². The summed E-state index contributed by atoms with van der Waals surface area (Å²) in [6.45, 7) is 2.26. The number of unbranched alkanes of at least 4 members (excludes halogenated alkanes) is 2. The maximum atomic E-state index is 2.29. The fourth-order valence-corrected chi connectivity index (χ4v) is 3.50. The zero-order valence-electron chi connectivity index (χ0n) is 9.03. The summed E-state index contributed by atoms with van der Waals surface area (Å²) in [6.07, 6.45) is 5.25. The van der Waals surface area contributed by atoms with E-state index in [1.807, 2.05) is 22.7 Å². The largest absolute Gasteiger partial charge is 0.143 e. The van der Waals surface area contributed by atoms with E-state index in [2.05, 4.69) is 36.6 Å². The SMILES string of the molecule is CCCCCc1ccc(-c2cccs2)s1. The first-order chi connectivity index (χ1) is 7.40. The maximum Gasteiger partial charge on any atom is 0.0445 e. The van der Waals surface area contributed by atoms with Crippen molar-refractivity contribution in [3.63, 3.8) is 0 Å². The van der Waals surface area contributed by atoms with Gasteiger partial charge in [-0.1, -0.05) is 25.8 Å². The van der Waals surface area contributed by atoms with E-state index in [4.69, 9.17) is 0 Å². The minimum atomic E-state index is 1.25. The molecular weight excluding hydrogens is 220 g/mol. The molecule has 0 unspecified atom stereocenters. The van der Waals surface area contributed by atoms with Gasteiger partial charge in [0.15, 0.2) is 0 Å². The van der Waals surface area contributed by atoms with Gasteiger partial charge >= 0.3 is 0 Å². The van der Waals surface area contributed by atoms with Gasteiger partial charge in [0, 0.05) is 14.6 Å². The maximum absolute atomic E-state index is 2.29. The van der Waals surface area contributed by atoms with Crippen LogP contribution in [0.5, 0.6) is 0 Å². The molecule has 80 valence electrons. The monoisotopic (exact) mass is 236 g/mol. The Hall–Kier alpha value is -0.600. The Morgan fingerprint density at radius 1 is 1.07 bits per heavy atom. The minimum absolute atomic E-state index is 1.25. The van der Waals surface area contributed by atoms with E-state index in [1.165, 1.54) is 40.3 Å². The quantitative estimate of drug-likeness (QED) is 0.625. The highest BCUT2D eigenvalue weighted by Gasteiger charge is 2.03. The fraction of sp³-hybridized carbons (Fsp3) is 0.385. The Morgan fingerprint density at radius 3 is 2.73 bits per heavy atom. The first-order valence-corrected chi connectivity index (χ1v) is 7.22. The molecule has 0 atom stereocenters. The van der Waals surface area contributed by atoms with Gasteiger partial charge in [-0.3, -0.25) is 0 Å². The summed E-state index contributed by atoms with van der Waals surface area (Å²) < 4.78 is 0. The van der Waals surface area contributed by atoms with Crippen molar-refractivity contribution in [2.24, 2.45) is 0 Å². The Balaban J connectivity index is 1.98. The summed E-state index contributed by atoms with van der Waals surface area (Å²) in [6, 6.07) is 8.87. The second-order valence-corrected chi connectivity index (χ2v) is 5.82.